The number of nitrogens with zero attached hydrogens (tertiary/aromatic N) is 3. The lowest BCUT2D eigenvalue weighted by Gasteiger charge is -2.32. The maximum Gasteiger partial charge on any atom is 0.498 e. The highest BCUT2D eigenvalue weighted by atomic mass is 16.7. The summed E-state index contributed by atoms with van der Waals surface area (Å²) in [4.78, 5) is 4.35. The zero-order valence-corrected chi connectivity index (χ0v) is 18.5. The molecule has 156 valence electrons. The Bertz CT molecular complexity index is 1030. The second kappa shape index (κ2) is 7.56. The molecule has 1 aliphatic rings. The minimum atomic E-state index is -0.450. The molecule has 0 amide bonds. The summed E-state index contributed by atoms with van der Waals surface area (Å²) in [6, 6.07) is 12.0. The monoisotopic (exact) mass is 405 g/mol. The number of ether oxygens (including phenoxy) is 1. The number of pyridine rings is 1. The van der Waals surface area contributed by atoms with Gasteiger partial charge in [0.1, 0.15) is 12.4 Å². The van der Waals surface area contributed by atoms with Crippen molar-refractivity contribution in [2.45, 2.75) is 59.4 Å². The molecule has 0 unspecified atom stereocenters. The second-order valence-corrected chi connectivity index (χ2v) is 8.74. The molecule has 6 nitrogen and oxygen atoms in total. The third kappa shape index (κ3) is 3.75. The van der Waals surface area contributed by atoms with Gasteiger partial charge in [-0.2, -0.15) is 5.10 Å². The molecule has 0 saturated carbocycles. The van der Waals surface area contributed by atoms with Gasteiger partial charge in [-0.25, -0.2) is 4.68 Å². The molecule has 1 saturated heterocycles. The molecule has 4 rings (SSSR count). The lowest BCUT2D eigenvalue weighted by atomic mass is 9.77. The SMILES string of the molecule is Cc1nn(-c2cncc(OCc3ccccc3)c2)c(C)c1B1OC(C)(C)C(C)(C)O1. The van der Waals surface area contributed by atoms with Crippen LogP contribution in [-0.4, -0.2) is 33.1 Å². The van der Waals surface area contributed by atoms with Crippen molar-refractivity contribution >= 4 is 12.6 Å². The average molecular weight is 405 g/mol. The minimum absolute atomic E-state index is 0.397. The van der Waals surface area contributed by atoms with Gasteiger partial charge in [-0.05, 0) is 47.1 Å². The van der Waals surface area contributed by atoms with Crippen molar-refractivity contribution < 1.29 is 14.0 Å². The molecule has 30 heavy (non-hydrogen) atoms. The van der Waals surface area contributed by atoms with Crippen LogP contribution in [0.1, 0.15) is 44.6 Å². The van der Waals surface area contributed by atoms with Crippen molar-refractivity contribution in [2.75, 3.05) is 0 Å². The molecule has 1 aromatic carbocycles. The van der Waals surface area contributed by atoms with Crippen molar-refractivity contribution in [2.24, 2.45) is 0 Å². The molecule has 1 fully saturated rings. The van der Waals surface area contributed by atoms with Crippen LogP contribution in [0.25, 0.3) is 5.69 Å². The summed E-state index contributed by atoms with van der Waals surface area (Å²) >= 11 is 0. The quantitative estimate of drug-likeness (QED) is 0.605. The van der Waals surface area contributed by atoms with E-state index >= 15 is 0 Å². The smallest absolute Gasteiger partial charge is 0.487 e. The Kier molecular flexibility index (Phi) is 5.20. The molecule has 0 spiro atoms. The highest BCUT2D eigenvalue weighted by molar-refractivity contribution is 6.63. The molecule has 0 atom stereocenters. The molecule has 7 heteroatoms. The summed E-state index contributed by atoms with van der Waals surface area (Å²) in [6.45, 7) is 12.7. The van der Waals surface area contributed by atoms with Gasteiger partial charge in [-0.15, -0.1) is 0 Å². The number of hydrogen-bond acceptors (Lipinski definition) is 5. The molecule has 1 aliphatic heterocycles. The molecule has 3 heterocycles. The van der Waals surface area contributed by atoms with Crippen LogP contribution in [-0.2, 0) is 15.9 Å². The molecule has 0 bridgehead atoms. The van der Waals surface area contributed by atoms with Gasteiger partial charge in [0.25, 0.3) is 0 Å². The van der Waals surface area contributed by atoms with E-state index in [1.54, 1.807) is 12.4 Å². The fraction of sp³-hybridized carbons (Fsp3) is 0.391. The van der Waals surface area contributed by atoms with Crippen LogP contribution >= 0.6 is 0 Å². The molecular weight excluding hydrogens is 377 g/mol. The van der Waals surface area contributed by atoms with Gasteiger partial charge < -0.3 is 14.0 Å². The molecule has 0 radical (unpaired) electrons. The van der Waals surface area contributed by atoms with Gasteiger partial charge in [-0.3, -0.25) is 4.98 Å². The van der Waals surface area contributed by atoms with E-state index in [1.807, 2.05) is 54.9 Å². The molecule has 3 aromatic rings. The van der Waals surface area contributed by atoms with Crippen LogP contribution in [0.2, 0.25) is 0 Å². The normalized spacial score (nSPS) is 17.3. The summed E-state index contributed by atoms with van der Waals surface area (Å²) in [5.41, 5.74) is 3.96. The van der Waals surface area contributed by atoms with Crippen LogP contribution < -0.4 is 10.2 Å². The Morgan fingerprint density at radius 1 is 1.00 bits per heavy atom. The van der Waals surface area contributed by atoms with E-state index in [-0.39, 0.29) is 0 Å². The fourth-order valence-electron chi connectivity index (χ4n) is 3.55. The molecule has 2 aromatic heterocycles. The lowest BCUT2D eigenvalue weighted by molar-refractivity contribution is 0.00578. The highest BCUT2D eigenvalue weighted by Gasteiger charge is 2.53. The van der Waals surface area contributed by atoms with Crippen molar-refractivity contribution in [1.82, 2.24) is 14.8 Å². The minimum Gasteiger partial charge on any atom is -0.487 e. The largest absolute Gasteiger partial charge is 0.498 e. The van der Waals surface area contributed by atoms with Gasteiger partial charge in [0, 0.05) is 17.2 Å². The molecule has 0 N–H and O–H groups in total. The van der Waals surface area contributed by atoms with E-state index in [4.69, 9.17) is 19.1 Å². The predicted octanol–water partition coefficient (Wildman–Crippen LogP) is 3.76. The fourth-order valence-corrected chi connectivity index (χ4v) is 3.55. The van der Waals surface area contributed by atoms with Crippen LogP contribution in [0.15, 0.2) is 48.8 Å². The molecule has 0 aliphatic carbocycles. The van der Waals surface area contributed by atoms with Crippen LogP contribution in [0.4, 0.5) is 0 Å². The Hall–Kier alpha value is -2.64. The van der Waals surface area contributed by atoms with E-state index < -0.39 is 18.3 Å². The maximum atomic E-state index is 6.26. The van der Waals surface area contributed by atoms with Gasteiger partial charge in [0.05, 0.1) is 35.0 Å². The summed E-state index contributed by atoms with van der Waals surface area (Å²) < 4.78 is 20.3. The third-order valence-corrected chi connectivity index (χ3v) is 6.03. The van der Waals surface area contributed by atoms with Crippen LogP contribution in [0.5, 0.6) is 5.75 Å². The van der Waals surface area contributed by atoms with Crippen LogP contribution in [0, 0.1) is 13.8 Å². The van der Waals surface area contributed by atoms with Gasteiger partial charge >= 0.3 is 7.12 Å². The first kappa shape index (κ1) is 20.6. The molecular formula is C23H28BN3O3. The van der Waals surface area contributed by atoms with E-state index in [1.165, 1.54) is 0 Å². The van der Waals surface area contributed by atoms with Crippen LogP contribution in [0.3, 0.4) is 0 Å². The maximum absolute atomic E-state index is 6.26. The predicted molar refractivity (Wildman–Crippen MR) is 117 cm³/mol. The number of rotatable bonds is 5. The second-order valence-electron chi connectivity index (χ2n) is 8.74. The Labute approximate surface area is 178 Å². The van der Waals surface area contributed by atoms with Crippen molar-refractivity contribution in [3.63, 3.8) is 0 Å². The Morgan fingerprint density at radius 2 is 1.67 bits per heavy atom. The van der Waals surface area contributed by atoms with Gasteiger partial charge in [-0.1, -0.05) is 30.3 Å². The zero-order valence-electron chi connectivity index (χ0n) is 18.5. The van der Waals surface area contributed by atoms with Crippen molar-refractivity contribution in [1.29, 1.82) is 0 Å². The first-order valence-corrected chi connectivity index (χ1v) is 10.2. The summed E-state index contributed by atoms with van der Waals surface area (Å²) in [6.07, 6.45) is 3.50. The Morgan fingerprint density at radius 3 is 2.33 bits per heavy atom. The zero-order chi connectivity index (χ0) is 21.5. The van der Waals surface area contributed by atoms with Crippen molar-refractivity contribution in [3.05, 3.63) is 65.7 Å². The average Bonchev–Trinajstić information content (AvgIpc) is 3.11. The van der Waals surface area contributed by atoms with Gasteiger partial charge in [0.2, 0.25) is 0 Å². The first-order chi connectivity index (χ1) is 14.2. The number of aryl methyl sites for hydroxylation is 1. The van der Waals surface area contributed by atoms with E-state index in [9.17, 15) is 0 Å². The highest BCUT2D eigenvalue weighted by Crippen LogP contribution is 2.37. The summed E-state index contributed by atoms with van der Waals surface area (Å²) in [5, 5.41) is 4.74. The standard InChI is InChI=1S/C23H28BN3O3/c1-16-21(24-29-22(3,4)23(5,6)30-24)17(2)27(26-16)19-12-20(14-25-13-19)28-15-18-10-8-7-9-11-18/h7-14H,15H2,1-6H3. The van der Waals surface area contributed by atoms with Crippen molar-refractivity contribution in [3.8, 4) is 11.4 Å². The first-order valence-electron chi connectivity index (χ1n) is 10.2. The lowest BCUT2D eigenvalue weighted by Crippen LogP contribution is -2.41. The number of aromatic nitrogens is 3. The topological polar surface area (TPSA) is 58.4 Å². The van der Waals surface area contributed by atoms with E-state index in [0.717, 1.165) is 28.1 Å². The third-order valence-electron chi connectivity index (χ3n) is 6.03. The van der Waals surface area contributed by atoms with Gasteiger partial charge in [0.15, 0.2) is 0 Å². The summed E-state index contributed by atoms with van der Waals surface area (Å²) in [5.74, 6) is 0.695. The van der Waals surface area contributed by atoms with E-state index in [0.29, 0.717) is 12.4 Å². The summed E-state index contributed by atoms with van der Waals surface area (Å²) in [7, 11) is -0.450. The number of benzene rings is 1. The van der Waals surface area contributed by atoms with E-state index in [2.05, 4.69) is 32.7 Å². The Balaban J connectivity index is 1.59. The number of hydrogen-bond donors (Lipinski definition) is 0.